The second kappa shape index (κ2) is 5.38. The zero-order chi connectivity index (χ0) is 12.3. The average molecular weight is 238 g/mol. The van der Waals surface area contributed by atoms with Crippen molar-refractivity contribution in [3.05, 3.63) is 0 Å². The van der Waals surface area contributed by atoms with Crippen LogP contribution in [0.15, 0.2) is 0 Å². The van der Waals surface area contributed by atoms with Crippen molar-refractivity contribution in [3.8, 4) is 0 Å². The summed E-state index contributed by atoms with van der Waals surface area (Å²) in [5, 5.41) is 6.54. The SMILES string of the molecule is CC1(C)CCC(NC(=O)C2CCCCN2)CC1. The number of piperidine rings is 1. The van der Waals surface area contributed by atoms with E-state index in [1.54, 1.807) is 0 Å². The third-order valence-corrected chi connectivity index (χ3v) is 4.31. The van der Waals surface area contributed by atoms with Crippen LogP contribution in [0.4, 0.5) is 0 Å². The number of nitrogens with one attached hydrogen (secondary N) is 2. The van der Waals surface area contributed by atoms with Crippen molar-refractivity contribution in [3.63, 3.8) is 0 Å². The maximum atomic E-state index is 12.1. The molecule has 1 aliphatic carbocycles. The van der Waals surface area contributed by atoms with Gasteiger partial charge in [-0.15, -0.1) is 0 Å². The molecule has 0 aromatic rings. The van der Waals surface area contributed by atoms with Crippen molar-refractivity contribution in [2.24, 2.45) is 5.41 Å². The van der Waals surface area contributed by atoms with Crippen LogP contribution in [0.5, 0.6) is 0 Å². The molecule has 0 spiro atoms. The highest BCUT2D eigenvalue weighted by molar-refractivity contribution is 5.82. The highest BCUT2D eigenvalue weighted by Crippen LogP contribution is 2.35. The van der Waals surface area contributed by atoms with Crippen LogP contribution in [0.1, 0.15) is 58.8 Å². The Morgan fingerprint density at radius 2 is 1.88 bits per heavy atom. The van der Waals surface area contributed by atoms with Crippen molar-refractivity contribution in [2.75, 3.05) is 6.54 Å². The summed E-state index contributed by atoms with van der Waals surface area (Å²) in [5.41, 5.74) is 0.477. The minimum atomic E-state index is 0.0682. The van der Waals surface area contributed by atoms with Gasteiger partial charge in [-0.25, -0.2) is 0 Å². The second-order valence-electron chi connectivity index (χ2n) is 6.45. The van der Waals surface area contributed by atoms with E-state index in [1.165, 1.54) is 25.7 Å². The van der Waals surface area contributed by atoms with E-state index in [0.29, 0.717) is 11.5 Å². The summed E-state index contributed by atoms with van der Waals surface area (Å²) in [6, 6.07) is 0.484. The molecule has 1 saturated heterocycles. The molecule has 0 aromatic heterocycles. The number of carbonyl (C=O) groups is 1. The molecule has 1 heterocycles. The van der Waals surface area contributed by atoms with Crippen LogP contribution in [-0.2, 0) is 4.79 Å². The quantitative estimate of drug-likeness (QED) is 0.774. The van der Waals surface area contributed by atoms with Gasteiger partial charge in [-0.3, -0.25) is 4.79 Å². The van der Waals surface area contributed by atoms with E-state index in [-0.39, 0.29) is 11.9 Å². The van der Waals surface area contributed by atoms with Gasteiger partial charge >= 0.3 is 0 Å². The molecule has 1 unspecified atom stereocenters. The Balaban J connectivity index is 1.75. The third kappa shape index (κ3) is 3.70. The number of hydrogen-bond donors (Lipinski definition) is 2. The Kier molecular flexibility index (Phi) is 4.08. The van der Waals surface area contributed by atoms with E-state index in [9.17, 15) is 4.79 Å². The van der Waals surface area contributed by atoms with E-state index in [1.807, 2.05) is 0 Å². The van der Waals surface area contributed by atoms with Gasteiger partial charge < -0.3 is 10.6 Å². The molecule has 0 bridgehead atoms. The minimum Gasteiger partial charge on any atom is -0.352 e. The van der Waals surface area contributed by atoms with Crippen LogP contribution in [0.2, 0.25) is 0 Å². The lowest BCUT2D eigenvalue weighted by Gasteiger charge is -2.35. The fourth-order valence-corrected chi connectivity index (χ4v) is 2.92. The van der Waals surface area contributed by atoms with Gasteiger partial charge in [0.05, 0.1) is 6.04 Å². The molecule has 2 aliphatic rings. The summed E-state index contributed by atoms with van der Waals surface area (Å²) >= 11 is 0. The Morgan fingerprint density at radius 3 is 2.47 bits per heavy atom. The molecular formula is C14H26N2O. The zero-order valence-electron chi connectivity index (χ0n) is 11.2. The molecule has 3 nitrogen and oxygen atoms in total. The molecule has 1 atom stereocenters. The van der Waals surface area contributed by atoms with Gasteiger partial charge in [0.25, 0.3) is 0 Å². The summed E-state index contributed by atoms with van der Waals surface area (Å²) in [6.45, 7) is 5.65. The first-order valence-corrected chi connectivity index (χ1v) is 7.11. The van der Waals surface area contributed by atoms with Crippen LogP contribution >= 0.6 is 0 Å². The predicted octanol–water partition coefficient (Wildman–Crippen LogP) is 2.21. The lowest BCUT2D eigenvalue weighted by Crippen LogP contribution is -2.50. The predicted molar refractivity (Wildman–Crippen MR) is 69.8 cm³/mol. The third-order valence-electron chi connectivity index (χ3n) is 4.31. The molecule has 0 radical (unpaired) electrons. The largest absolute Gasteiger partial charge is 0.352 e. The topological polar surface area (TPSA) is 41.1 Å². The van der Waals surface area contributed by atoms with Gasteiger partial charge in [-0.1, -0.05) is 20.3 Å². The lowest BCUT2D eigenvalue weighted by atomic mass is 9.75. The summed E-state index contributed by atoms with van der Waals surface area (Å²) in [4.78, 5) is 12.1. The zero-order valence-corrected chi connectivity index (χ0v) is 11.2. The van der Waals surface area contributed by atoms with Gasteiger partial charge in [0.15, 0.2) is 0 Å². The molecule has 17 heavy (non-hydrogen) atoms. The monoisotopic (exact) mass is 238 g/mol. The summed E-state index contributed by atoms with van der Waals surface area (Å²) in [6.07, 6.45) is 8.15. The summed E-state index contributed by atoms with van der Waals surface area (Å²) in [7, 11) is 0. The van der Waals surface area contributed by atoms with E-state index < -0.39 is 0 Å². The number of hydrogen-bond acceptors (Lipinski definition) is 2. The molecule has 2 N–H and O–H groups in total. The van der Waals surface area contributed by atoms with Crippen LogP contribution in [-0.4, -0.2) is 24.5 Å². The Bertz CT molecular complexity index is 259. The van der Waals surface area contributed by atoms with Crippen molar-refractivity contribution in [1.29, 1.82) is 0 Å². The van der Waals surface area contributed by atoms with E-state index >= 15 is 0 Å². The van der Waals surface area contributed by atoms with Crippen molar-refractivity contribution in [1.82, 2.24) is 10.6 Å². The normalized spacial score (nSPS) is 29.9. The molecule has 2 fully saturated rings. The highest BCUT2D eigenvalue weighted by Gasteiger charge is 2.29. The number of amides is 1. The maximum Gasteiger partial charge on any atom is 0.237 e. The van der Waals surface area contributed by atoms with Crippen molar-refractivity contribution in [2.45, 2.75) is 70.9 Å². The van der Waals surface area contributed by atoms with Gasteiger partial charge in [-0.2, -0.15) is 0 Å². The Morgan fingerprint density at radius 1 is 1.18 bits per heavy atom. The highest BCUT2D eigenvalue weighted by atomic mass is 16.2. The van der Waals surface area contributed by atoms with Crippen LogP contribution in [0.25, 0.3) is 0 Å². The molecule has 1 aliphatic heterocycles. The van der Waals surface area contributed by atoms with Crippen molar-refractivity contribution >= 4 is 5.91 Å². The number of carbonyl (C=O) groups excluding carboxylic acids is 1. The summed E-state index contributed by atoms with van der Waals surface area (Å²) < 4.78 is 0. The van der Waals surface area contributed by atoms with Crippen molar-refractivity contribution < 1.29 is 4.79 Å². The van der Waals surface area contributed by atoms with E-state index in [0.717, 1.165) is 25.8 Å². The fraction of sp³-hybridized carbons (Fsp3) is 0.929. The Labute approximate surface area is 105 Å². The van der Waals surface area contributed by atoms with Crippen LogP contribution < -0.4 is 10.6 Å². The van der Waals surface area contributed by atoms with Crippen LogP contribution in [0.3, 0.4) is 0 Å². The molecule has 1 amide bonds. The Hall–Kier alpha value is -0.570. The van der Waals surface area contributed by atoms with E-state index in [4.69, 9.17) is 0 Å². The van der Waals surface area contributed by atoms with Crippen LogP contribution in [0, 0.1) is 5.41 Å². The van der Waals surface area contributed by atoms with Gasteiger partial charge in [0, 0.05) is 6.04 Å². The standard InChI is InChI=1S/C14H26N2O/c1-14(2)8-6-11(7-9-14)16-13(17)12-5-3-4-10-15-12/h11-12,15H,3-10H2,1-2H3,(H,16,17). The first-order valence-electron chi connectivity index (χ1n) is 7.11. The van der Waals surface area contributed by atoms with Gasteiger partial charge in [-0.05, 0) is 50.5 Å². The van der Waals surface area contributed by atoms with Gasteiger partial charge in [0.1, 0.15) is 0 Å². The first kappa shape index (κ1) is 12.9. The smallest absolute Gasteiger partial charge is 0.237 e. The lowest BCUT2D eigenvalue weighted by molar-refractivity contribution is -0.124. The number of rotatable bonds is 2. The minimum absolute atomic E-state index is 0.0682. The fourth-order valence-electron chi connectivity index (χ4n) is 2.92. The molecule has 98 valence electrons. The second-order valence-corrected chi connectivity index (χ2v) is 6.45. The molecule has 1 saturated carbocycles. The molecular weight excluding hydrogens is 212 g/mol. The molecule has 2 rings (SSSR count). The van der Waals surface area contributed by atoms with E-state index in [2.05, 4.69) is 24.5 Å². The average Bonchev–Trinajstić information content (AvgIpc) is 2.33. The molecule has 3 heteroatoms. The first-order chi connectivity index (χ1) is 8.07. The summed E-state index contributed by atoms with van der Waals surface area (Å²) in [5.74, 6) is 0.231. The van der Waals surface area contributed by atoms with Gasteiger partial charge in [0.2, 0.25) is 5.91 Å². The maximum absolute atomic E-state index is 12.1. The molecule has 0 aromatic carbocycles.